The van der Waals surface area contributed by atoms with Crippen LogP contribution in [0.1, 0.15) is 15.2 Å². The maximum atomic E-state index is 12.5. The second-order valence-electron chi connectivity index (χ2n) is 6.48. The second kappa shape index (κ2) is 8.73. The molecule has 0 spiro atoms. The molecule has 2 aromatic heterocycles. The number of rotatable bonds is 5. The van der Waals surface area contributed by atoms with Crippen LogP contribution in [0.5, 0.6) is 0 Å². The molecule has 0 atom stereocenters. The Balaban J connectivity index is 1.34. The minimum absolute atomic E-state index is 0.0810. The lowest BCUT2D eigenvalue weighted by Gasteiger charge is -2.27. The second-order valence-corrected chi connectivity index (χ2v) is 8.00. The van der Waals surface area contributed by atoms with E-state index in [2.05, 4.69) is 15.2 Å². The monoisotopic (exact) mass is 413 g/mol. The molecule has 3 aromatic rings. The molecule has 1 aromatic carbocycles. The van der Waals surface area contributed by atoms with Crippen molar-refractivity contribution < 1.29 is 9.53 Å². The molecule has 0 bridgehead atoms. The standard InChI is InChI=1S/C21H20ClN3O2S/c22-17-4-2-16(3-5-17)18-6-7-19(28-18)21(26)24-14-15-1-8-20(23-13-15)25-9-11-27-12-10-25/h1-8,13H,9-12,14H2,(H,24,26). The molecule has 144 valence electrons. The number of hydrogen-bond acceptors (Lipinski definition) is 5. The fourth-order valence-electron chi connectivity index (χ4n) is 3.00. The van der Waals surface area contributed by atoms with E-state index in [-0.39, 0.29) is 5.91 Å². The third kappa shape index (κ3) is 4.52. The summed E-state index contributed by atoms with van der Waals surface area (Å²) in [6.45, 7) is 3.63. The third-order valence-electron chi connectivity index (χ3n) is 4.56. The molecular weight excluding hydrogens is 394 g/mol. The SMILES string of the molecule is O=C(NCc1ccc(N2CCOCC2)nc1)c1ccc(-c2ccc(Cl)cc2)s1. The number of thiophene rings is 1. The zero-order valence-corrected chi connectivity index (χ0v) is 16.8. The number of carbonyl (C=O) groups is 1. The smallest absolute Gasteiger partial charge is 0.261 e. The molecule has 7 heteroatoms. The van der Waals surface area contributed by atoms with Gasteiger partial charge in [0.1, 0.15) is 5.82 Å². The third-order valence-corrected chi connectivity index (χ3v) is 5.94. The number of pyridine rings is 1. The molecular formula is C21H20ClN3O2S. The summed E-state index contributed by atoms with van der Waals surface area (Å²) in [5.41, 5.74) is 2.02. The summed E-state index contributed by atoms with van der Waals surface area (Å²) in [4.78, 5) is 20.9. The number of carbonyl (C=O) groups excluding carboxylic acids is 1. The van der Waals surface area contributed by atoms with Crippen LogP contribution < -0.4 is 10.2 Å². The van der Waals surface area contributed by atoms with Crippen LogP contribution in [-0.2, 0) is 11.3 Å². The zero-order valence-electron chi connectivity index (χ0n) is 15.2. The van der Waals surface area contributed by atoms with Crippen molar-refractivity contribution >= 4 is 34.7 Å². The Hall–Kier alpha value is -2.41. The van der Waals surface area contributed by atoms with E-state index in [9.17, 15) is 4.79 Å². The Morgan fingerprint density at radius 3 is 2.61 bits per heavy atom. The van der Waals surface area contributed by atoms with Crippen LogP contribution in [0.25, 0.3) is 10.4 Å². The Kier molecular flexibility index (Phi) is 5.90. The number of hydrogen-bond donors (Lipinski definition) is 1. The molecule has 1 N–H and O–H groups in total. The van der Waals surface area contributed by atoms with Crippen LogP contribution in [0.2, 0.25) is 5.02 Å². The molecule has 1 aliphatic rings. The van der Waals surface area contributed by atoms with Gasteiger partial charge in [-0.05, 0) is 41.5 Å². The topological polar surface area (TPSA) is 54.5 Å². The normalized spacial score (nSPS) is 14.1. The highest BCUT2D eigenvalue weighted by Crippen LogP contribution is 2.29. The summed E-state index contributed by atoms with van der Waals surface area (Å²) in [5.74, 6) is 0.867. The number of halogens is 1. The van der Waals surface area contributed by atoms with E-state index in [1.807, 2.05) is 54.7 Å². The number of morpholine rings is 1. The lowest BCUT2D eigenvalue weighted by molar-refractivity contribution is 0.0955. The predicted octanol–water partition coefficient (Wildman–Crippen LogP) is 4.23. The molecule has 1 aliphatic heterocycles. The molecule has 5 nitrogen and oxygen atoms in total. The van der Waals surface area contributed by atoms with Gasteiger partial charge in [0, 0.05) is 35.7 Å². The van der Waals surface area contributed by atoms with Crippen LogP contribution in [0.4, 0.5) is 5.82 Å². The average Bonchev–Trinajstić information content (AvgIpc) is 3.24. The molecule has 0 saturated carbocycles. The average molecular weight is 414 g/mol. The molecule has 0 radical (unpaired) electrons. The number of amides is 1. The maximum absolute atomic E-state index is 12.5. The van der Waals surface area contributed by atoms with Gasteiger partial charge >= 0.3 is 0 Å². The van der Waals surface area contributed by atoms with Gasteiger partial charge in [0.2, 0.25) is 0 Å². The fraction of sp³-hybridized carbons (Fsp3) is 0.238. The van der Waals surface area contributed by atoms with E-state index in [1.165, 1.54) is 11.3 Å². The summed E-state index contributed by atoms with van der Waals surface area (Å²) < 4.78 is 5.37. The van der Waals surface area contributed by atoms with Crippen LogP contribution >= 0.6 is 22.9 Å². The minimum Gasteiger partial charge on any atom is -0.378 e. The summed E-state index contributed by atoms with van der Waals surface area (Å²) in [6.07, 6.45) is 1.82. The maximum Gasteiger partial charge on any atom is 0.261 e. The van der Waals surface area contributed by atoms with Crippen molar-refractivity contribution in [3.8, 4) is 10.4 Å². The number of ether oxygens (including phenoxy) is 1. The van der Waals surface area contributed by atoms with Gasteiger partial charge in [-0.1, -0.05) is 29.8 Å². The Morgan fingerprint density at radius 1 is 1.11 bits per heavy atom. The number of nitrogens with zero attached hydrogens (tertiary/aromatic N) is 2. The Morgan fingerprint density at radius 2 is 1.89 bits per heavy atom. The summed E-state index contributed by atoms with van der Waals surface area (Å²) >= 11 is 7.40. The number of anilines is 1. The van der Waals surface area contributed by atoms with Gasteiger partial charge in [0.25, 0.3) is 5.91 Å². The molecule has 1 amide bonds. The quantitative estimate of drug-likeness (QED) is 0.680. The van der Waals surface area contributed by atoms with Crippen LogP contribution in [0.3, 0.4) is 0 Å². The highest BCUT2D eigenvalue weighted by atomic mass is 35.5. The number of nitrogens with one attached hydrogen (secondary N) is 1. The van der Waals surface area contributed by atoms with Crippen molar-refractivity contribution in [2.24, 2.45) is 0 Å². The van der Waals surface area contributed by atoms with Gasteiger partial charge in [-0.2, -0.15) is 0 Å². The first-order valence-corrected chi connectivity index (χ1v) is 10.3. The van der Waals surface area contributed by atoms with Crippen molar-refractivity contribution in [2.75, 3.05) is 31.2 Å². The molecule has 0 aliphatic carbocycles. The van der Waals surface area contributed by atoms with E-state index >= 15 is 0 Å². The zero-order chi connectivity index (χ0) is 19.3. The molecule has 3 heterocycles. The van der Waals surface area contributed by atoms with Crippen LogP contribution in [-0.4, -0.2) is 37.2 Å². The largest absolute Gasteiger partial charge is 0.378 e. The molecule has 4 rings (SSSR count). The van der Waals surface area contributed by atoms with Gasteiger partial charge in [-0.25, -0.2) is 4.98 Å². The first-order valence-electron chi connectivity index (χ1n) is 9.11. The van der Waals surface area contributed by atoms with E-state index in [0.717, 1.165) is 48.1 Å². The predicted molar refractivity (Wildman–Crippen MR) is 113 cm³/mol. The fourth-order valence-corrected chi connectivity index (χ4v) is 4.05. The van der Waals surface area contributed by atoms with Gasteiger partial charge < -0.3 is 15.0 Å². The summed E-state index contributed by atoms with van der Waals surface area (Å²) in [6, 6.07) is 15.4. The Labute approximate surface area is 172 Å². The number of benzene rings is 1. The van der Waals surface area contributed by atoms with Gasteiger partial charge in [0.15, 0.2) is 0 Å². The highest BCUT2D eigenvalue weighted by Gasteiger charge is 2.13. The highest BCUT2D eigenvalue weighted by molar-refractivity contribution is 7.17. The van der Waals surface area contributed by atoms with Crippen molar-refractivity contribution in [1.29, 1.82) is 0 Å². The van der Waals surface area contributed by atoms with Crippen LogP contribution in [0, 0.1) is 0 Å². The van der Waals surface area contributed by atoms with Crippen molar-refractivity contribution in [3.05, 3.63) is 70.2 Å². The summed E-state index contributed by atoms with van der Waals surface area (Å²) in [7, 11) is 0. The van der Waals surface area contributed by atoms with E-state index in [0.29, 0.717) is 16.4 Å². The molecule has 28 heavy (non-hydrogen) atoms. The van der Waals surface area contributed by atoms with Crippen LogP contribution in [0.15, 0.2) is 54.7 Å². The number of aromatic nitrogens is 1. The van der Waals surface area contributed by atoms with Crippen molar-refractivity contribution in [3.63, 3.8) is 0 Å². The van der Waals surface area contributed by atoms with E-state index in [1.54, 1.807) is 0 Å². The lowest BCUT2D eigenvalue weighted by Crippen LogP contribution is -2.36. The first kappa shape index (κ1) is 18.9. The van der Waals surface area contributed by atoms with Gasteiger partial charge in [-0.15, -0.1) is 11.3 Å². The summed E-state index contributed by atoms with van der Waals surface area (Å²) in [5, 5.41) is 3.67. The van der Waals surface area contributed by atoms with Gasteiger partial charge in [-0.3, -0.25) is 4.79 Å². The minimum atomic E-state index is -0.0810. The van der Waals surface area contributed by atoms with Gasteiger partial charge in [0.05, 0.1) is 18.1 Å². The Bertz CT molecular complexity index is 935. The van der Waals surface area contributed by atoms with E-state index < -0.39 is 0 Å². The molecule has 1 saturated heterocycles. The van der Waals surface area contributed by atoms with E-state index in [4.69, 9.17) is 16.3 Å². The van der Waals surface area contributed by atoms with Crippen molar-refractivity contribution in [2.45, 2.75) is 6.54 Å². The first-order chi connectivity index (χ1) is 13.7. The molecule has 0 unspecified atom stereocenters. The van der Waals surface area contributed by atoms with Crippen molar-refractivity contribution in [1.82, 2.24) is 10.3 Å². The molecule has 1 fully saturated rings. The lowest BCUT2D eigenvalue weighted by atomic mass is 10.2.